The van der Waals surface area contributed by atoms with Crippen LogP contribution in [-0.2, 0) is 4.79 Å². The third-order valence-electron chi connectivity index (χ3n) is 6.98. The van der Waals surface area contributed by atoms with Crippen molar-refractivity contribution >= 4 is 52.0 Å². The number of para-hydroxylation sites is 1. The lowest BCUT2D eigenvalue weighted by Gasteiger charge is -2.34. The zero-order chi connectivity index (χ0) is 28.7. The molecule has 0 bridgehead atoms. The number of quaternary nitrogens is 1. The van der Waals surface area contributed by atoms with Gasteiger partial charge in [-0.05, 0) is 31.7 Å². The lowest BCUT2D eigenvalue weighted by Crippen LogP contribution is -2.66. The molecule has 1 aromatic carbocycles. The molecule has 10 nitrogen and oxygen atoms in total. The number of ketones is 1. The van der Waals surface area contributed by atoms with Crippen LogP contribution in [0.25, 0.3) is 6.08 Å². The van der Waals surface area contributed by atoms with Gasteiger partial charge in [0.25, 0.3) is 5.91 Å². The van der Waals surface area contributed by atoms with Gasteiger partial charge < -0.3 is 4.90 Å². The van der Waals surface area contributed by atoms with Crippen molar-refractivity contribution in [3.63, 3.8) is 0 Å². The second kappa shape index (κ2) is 10.6. The summed E-state index contributed by atoms with van der Waals surface area (Å²) in [6, 6.07) is 4.30. The van der Waals surface area contributed by atoms with E-state index in [-0.39, 0.29) is 11.5 Å². The van der Waals surface area contributed by atoms with E-state index < -0.39 is 33.9 Å². The maximum Gasteiger partial charge on any atom is 0.449 e. The fraction of sp³-hybridized carbons (Fsp3) is 0.464. The number of nitrogens with two attached hydrogens (primary N) is 1. The Bertz CT molecular complexity index is 1330. The molecule has 2 aliphatic rings. The predicted octanol–water partition coefficient (Wildman–Crippen LogP) is 4.91. The van der Waals surface area contributed by atoms with Crippen LogP contribution < -0.4 is 20.7 Å². The number of nitrogens with zero attached hydrogens (tertiary/aromatic N) is 4. The van der Waals surface area contributed by atoms with Crippen molar-refractivity contribution in [3.05, 3.63) is 47.1 Å². The van der Waals surface area contributed by atoms with E-state index in [1.54, 1.807) is 56.5 Å². The topological polar surface area (TPSA) is 126 Å². The van der Waals surface area contributed by atoms with E-state index in [1.165, 1.54) is 24.5 Å². The molecule has 0 spiro atoms. The summed E-state index contributed by atoms with van der Waals surface area (Å²) in [7, 11) is 0. The van der Waals surface area contributed by atoms with Crippen LogP contribution in [0, 0.1) is 11.3 Å². The summed E-state index contributed by atoms with van der Waals surface area (Å²) in [5, 5.41) is 2.31. The first kappa shape index (κ1) is 28.6. The van der Waals surface area contributed by atoms with Crippen molar-refractivity contribution in [2.75, 3.05) is 11.4 Å². The Morgan fingerprint density at radius 2 is 1.82 bits per heavy atom. The van der Waals surface area contributed by atoms with Gasteiger partial charge in [-0.25, -0.2) is 30.7 Å². The number of hydrazine groups is 1. The highest BCUT2D eigenvalue weighted by Gasteiger charge is 2.56. The molecular weight excluding hydrogens is 516 g/mol. The first-order valence-electron chi connectivity index (χ1n) is 13.2. The molecular formula is C28H37N6O4S+. The van der Waals surface area contributed by atoms with Crippen LogP contribution in [0.4, 0.5) is 20.4 Å². The Kier molecular flexibility index (Phi) is 7.79. The summed E-state index contributed by atoms with van der Waals surface area (Å²) >= 11 is 1.33. The molecule has 0 radical (unpaired) electrons. The number of Topliss-reactive ketones (excluding diaryl/α,β-unsaturated/α-hetero) is 1. The van der Waals surface area contributed by atoms with Crippen LogP contribution in [0.15, 0.2) is 35.8 Å². The van der Waals surface area contributed by atoms with Gasteiger partial charge in [-0.3, -0.25) is 9.59 Å². The number of aromatic nitrogens is 1. The molecule has 208 valence electrons. The minimum atomic E-state index is -1.17. The van der Waals surface area contributed by atoms with E-state index in [9.17, 15) is 19.2 Å². The smallest absolute Gasteiger partial charge is 0.345 e. The number of carbonyl (C=O) groups is 4. The molecule has 5 amide bonds. The fourth-order valence-corrected chi connectivity index (χ4v) is 5.76. The van der Waals surface area contributed by atoms with Gasteiger partial charge in [-0.15, -0.1) is 11.3 Å². The zero-order valence-electron chi connectivity index (χ0n) is 23.3. The molecule has 2 heterocycles. The van der Waals surface area contributed by atoms with Gasteiger partial charge in [0, 0.05) is 41.1 Å². The molecule has 1 unspecified atom stereocenters. The number of hydrogen-bond acceptors (Lipinski definition) is 8. The molecule has 1 aliphatic carbocycles. The molecule has 39 heavy (non-hydrogen) atoms. The second-order valence-corrected chi connectivity index (χ2v) is 12.4. The molecule has 3 N–H and O–H groups in total. The average Bonchev–Trinajstić information content (AvgIpc) is 3.48. The van der Waals surface area contributed by atoms with E-state index in [2.05, 4.69) is 29.2 Å². The lowest BCUT2D eigenvalue weighted by molar-refractivity contribution is -0.129. The van der Waals surface area contributed by atoms with Gasteiger partial charge in [0.1, 0.15) is 17.9 Å². The van der Waals surface area contributed by atoms with Crippen molar-refractivity contribution in [2.45, 2.75) is 66.5 Å². The number of imide groups is 2. The highest BCUT2D eigenvalue weighted by molar-refractivity contribution is 7.14. The summed E-state index contributed by atoms with van der Waals surface area (Å²) in [5.41, 5.74) is 2.22. The second-order valence-electron chi connectivity index (χ2n) is 11.6. The molecule has 1 saturated carbocycles. The quantitative estimate of drug-likeness (QED) is 0.216. The normalized spacial score (nSPS) is 19.0. The molecule has 11 heteroatoms. The van der Waals surface area contributed by atoms with Gasteiger partial charge in [-0.2, -0.15) is 0 Å². The molecule has 2 atom stereocenters. The maximum atomic E-state index is 14.4. The summed E-state index contributed by atoms with van der Waals surface area (Å²) in [4.78, 5) is 63.0. The number of nitrogens with one attached hydrogen (secondary N) is 1. The minimum Gasteiger partial charge on any atom is -0.345 e. The van der Waals surface area contributed by atoms with Gasteiger partial charge in [-0.1, -0.05) is 51.2 Å². The summed E-state index contributed by atoms with van der Waals surface area (Å²) in [6.07, 6.45) is 5.14. The van der Waals surface area contributed by atoms with E-state index in [0.29, 0.717) is 28.3 Å². The van der Waals surface area contributed by atoms with Crippen molar-refractivity contribution in [1.29, 1.82) is 0 Å². The van der Waals surface area contributed by atoms with E-state index in [4.69, 9.17) is 5.84 Å². The van der Waals surface area contributed by atoms with Crippen molar-refractivity contribution in [2.24, 2.45) is 17.2 Å². The van der Waals surface area contributed by atoms with E-state index >= 15 is 0 Å². The van der Waals surface area contributed by atoms with Crippen LogP contribution in [0.3, 0.4) is 0 Å². The summed E-state index contributed by atoms with van der Waals surface area (Å²) in [6.45, 7) is 11.7. The fourth-order valence-electron chi connectivity index (χ4n) is 4.88. The van der Waals surface area contributed by atoms with Gasteiger partial charge >= 0.3 is 12.1 Å². The average molecular weight is 554 g/mol. The SMILES string of the molecule is CC(C)CN(c1nc(C(=O)N(C(=O)[N+]2(C(=O)NN)C=Cc3ccccc32)[C@@H](C)C(=O)C(C)(C)C)cs1)C1CC1. The number of thiazole rings is 1. The van der Waals surface area contributed by atoms with Crippen molar-refractivity contribution in [1.82, 2.24) is 19.8 Å². The molecule has 2 aromatic rings. The third-order valence-corrected chi connectivity index (χ3v) is 7.85. The first-order chi connectivity index (χ1) is 18.3. The standard InChI is InChI=1S/C28H36N6O4S/c1-17(2)15-32(20-11-12-20)25-30-21(16-39-25)24(36)33(18(3)23(35)28(4,5)6)27(38)34(26(37)31-29)14-13-19-9-7-8-10-22(19)34/h7-10,13-14,16-18,20H,11-12,15,29H2,1-6H3/p+1/t18-,34?/m0/s1. The minimum absolute atomic E-state index is 0.0501. The maximum absolute atomic E-state index is 14.4. The summed E-state index contributed by atoms with van der Waals surface area (Å²) in [5.74, 6) is 4.87. The van der Waals surface area contributed by atoms with Gasteiger partial charge in [0.05, 0.1) is 0 Å². The largest absolute Gasteiger partial charge is 0.449 e. The van der Waals surface area contributed by atoms with Crippen LogP contribution in [0.1, 0.15) is 70.4 Å². The van der Waals surface area contributed by atoms with Gasteiger partial charge in [0.2, 0.25) is 0 Å². The van der Waals surface area contributed by atoms with E-state index in [0.717, 1.165) is 24.3 Å². The van der Waals surface area contributed by atoms with Crippen LogP contribution in [0.2, 0.25) is 0 Å². The Balaban J connectivity index is 1.80. The van der Waals surface area contributed by atoms with Crippen LogP contribution >= 0.6 is 11.3 Å². The highest BCUT2D eigenvalue weighted by atomic mass is 32.1. The molecule has 1 fully saturated rings. The number of hydrogen-bond donors (Lipinski definition) is 2. The Hall–Kier alpha value is -3.41. The highest BCUT2D eigenvalue weighted by Crippen LogP contribution is 2.39. The number of fused-ring (bicyclic) bond motifs is 1. The van der Waals surface area contributed by atoms with Crippen LogP contribution in [-0.4, -0.2) is 52.3 Å². The number of rotatable bonds is 7. The van der Waals surface area contributed by atoms with Gasteiger partial charge in [0.15, 0.2) is 16.6 Å². The van der Waals surface area contributed by atoms with E-state index in [1.807, 2.05) is 0 Å². The molecule has 1 aromatic heterocycles. The lowest BCUT2D eigenvalue weighted by atomic mass is 9.86. The third kappa shape index (κ3) is 5.26. The predicted molar refractivity (Wildman–Crippen MR) is 153 cm³/mol. The number of carbonyl (C=O) groups excluding carboxylic acids is 4. The number of benzene rings is 1. The number of anilines is 1. The molecule has 0 saturated heterocycles. The Morgan fingerprint density at radius 3 is 2.41 bits per heavy atom. The number of amides is 5. The Labute approximate surface area is 233 Å². The van der Waals surface area contributed by atoms with Crippen molar-refractivity contribution in [3.8, 4) is 0 Å². The Morgan fingerprint density at radius 1 is 1.15 bits per heavy atom. The number of urea groups is 2. The van der Waals surface area contributed by atoms with Crippen LogP contribution in [0.5, 0.6) is 0 Å². The monoisotopic (exact) mass is 553 g/mol. The molecule has 1 aliphatic heterocycles. The summed E-state index contributed by atoms with van der Waals surface area (Å²) < 4.78 is -1.02. The zero-order valence-corrected chi connectivity index (χ0v) is 24.1. The first-order valence-corrected chi connectivity index (χ1v) is 14.0. The molecule has 4 rings (SSSR count). The van der Waals surface area contributed by atoms with Crippen molar-refractivity contribution < 1.29 is 19.2 Å².